The number of nitrogens with zero attached hydrogens (tertiary/aromatic N) is 4. The van der Waals surface area contributed by atoms with Gasteiger partial charge in [0.1, 0.15) is 11.5 Å². The van der Waals surface area contributed by atoms with E-state index in [0.29, 0.717) is 21.5 Å². The van der Waals surface area contributed by atoms with E-state index in [4.69, 9.17) is 27.7 Å². The Morgan fingerprint density at radius 3 is 2.62 bits per heavy atom. The molecule has 0 amide bonds. The first-order valence-electron chi connectivity index (χ1n) is 13.7. The molecule has 2 aliphatic carbocycles. The van der Waals surface area contributed by atoms with Crippen LogP contribution in [0.25, 0.3) is 17.3 Å². The molecule has 1 N–H and O–H groups in total. The van der Waals surface area contributed by atoms with Gasteiger partial charge in [-0.2, -0.15) is 0 Å². The van der Waals surface area contributed by atoms with Crippen LogP contribution in [0.3, 0.4) is 0 Å². The quantitative estimate of drug-likeness (QED) is 0.369. The number of hydrogen-bond acceptors (Lipinski definition) is 5. The molecule has 1 saturated carbocycles. The summed E-state index contributed by atoms with van der Waals surface area (Å²) in [6.45, 7) is 8.33. The fourth-order valence-corrected chi connectivity index (χ4v) is 6.92. The Kier molecular flexibility index (Phi) is 6.91. The van der Waals surface area contributed by atoms with Crippen LogP contribution in [-0.2, 0) is 19.9 Å². The second kappa shape index (κ2) is 10.1. The average Bonchev–Trinajstić information content (AvgIpc) is 3.57. The van der Waals surface area contributed by atoms with E-state index in [-0.39, 0.29) is 11.6 Å². The van der Waals surface area contributed by atoms with E-state index in [9.17, 15) is 9.90 Å². The predicted molar refractivity (Wildman–Crippen MR) is 154 cm³/mol. The van der Waals surface area contributed by atoms with Crippen LogP contribution < -0.4 is 0 Å². The number of hydrogen-bond donors (Lipinski definition) is 1. The molecule has 7 nitrogen and oxygen atoms in total. The van der Waals surface area contributed by atoms with Crippen molar-refractivity contribution in [2.75, 3.05) is 26.2 Å². The Morgan fingerprint density at radius 2 is 1.95 bits per heavy atom. The molecular formula is C30H34Cl2N4O3. The van der Waals surface area contributed by atoms with E-state index in [2.05, 4.69) is 34.9 Å². The summed E-state index contributed by atoms with van der Waals surface area (Å²) in [6, 6.07) is 5.80. The summed E-state index contributed by atoms with van der Waals surface area (Å²) in [7, 11) is 1.94. The van der Waals surface area contributed by atoms with Crippen molar-refractivity contribution < 1.29 is 14.4 Å². The monoisotopic (exact) mass is 568 g/mol. The molecule has 0 bridgehead atoms. The zero-order valence-corrected chi connectivity index (χ0v) is 24.1. The first kappa shape index (κ1) is 26.6. The van der Waals surface area contributed by atoms with Gasteiger partial charge in [-0.3, -0.25) is 9.80 Å². The highest BCUT2D eigenvalue weighted by Gasteiger charge is 2.38. The van der Waals surface area contributed by atoms with Crippen molar-refractivity contribution in [2.45, 2.75) is 57.0 Å². The Bertz CT molecular complexity index is 1430. The van der Waals surface area contributed by atoms with Crippen LogP contribution in [0.1, 0.15) is 65.5 Å². The Hall–Kier alpha value is -2.58. The maximum absolute atomic E-state index is 11.6. The molecule has 9 heteroatoms. The van der Waals surface area contributed by atoms with E-state index in [1.165, 1.54) is 0 Å². The third kappa shape index (κ3) is 4.95. The normalized spacial score (nSPS) is 21.3. The van der Waals surface area contributed by atoms with Gasteiger partial charge in [0.2, 0.25) is 0 Å². The lowest BCUT2D eigenvalue weighted by molar-refractivity contribution is 0.00868. The molecule has 3 aliphatic rings. The van der Waals surface area contributed by atoms with Crippen molar-refractivity contribution in [2.24, 2.45) is 7.05 Å². The van der Waals surface area contributed by atoms with Crippen molar-refractivity contribution in [1.82, 2.24) is 19.5 Å². The Labute approximate surface area is 239 Å². The molecule has 1 aromatic carbocycles. The highest BCUT2D eigenvalue weighted by Crippen LogP contribution is 2.46. The number of aromatic carboxylic acids is 1. The molecular weight excluding hydrogens is 535 g/mol. The molecule has 3 aromatic rings. The van der Waals surface area contributed by atoms with Gasteiger partial charge < -0.3 is 14.2 Å². The minimum absolute atomic E-state index is 0.0358. The highest BCUT2D eigenvalue weighted by molar-refractivity contribution is 6.39. The number of aromatic nitrogens is 2. The van der Waals surface area contributed by atoms with Crippen molar-refractivity contribution >= 4 is 35.2 Å². The van der Waals surface area contributed by atoms with E-state index in [1.807, 2.05) is 35.9 Å². The maximum Gasteiger partial charge on any atom is 0.337 e. The van der Waals surface area contributed by atoms with Gasteiger partial charge >= 0.3 is 5.97 Å². The minimum Gasteiger partial charge on any atom is -0.478 e. The van der Waals surface area contributed by atoms with Crippen LogP contribution in [0, 0.1) is 0 Å². The molecule has 1 unspecified atom stereocenters. The lowest BCUT2D eigenvalue weighted by Crippen LogP contribution is -2.61. The topological polar surface area (TPSA) is 74.7 Å². The number of aryl methyl sites for hydroxylation is 1. The third-order valence-electron chi connectivity index (χ3n) is 8.64. The summed E-state index contributed by atoms with van der Waals surface area (Å²) in [6.07, 6.45) is 9.81. The van der Waals surface area contributed by atoms with E-state index in [1.54, 1.807) is 6.20 Å². The van der Waals surface area contributed by atoms with Crippen molar-refractivity contribution in [3.05, 3.63) is 68.7 Å². The number of carboxylic acid groups (broad SMARTS) is 1. The van der Waals surface area contributed by atoms with Crippen LogP contribution in [0.2, 0.25) is 10.0 Å². The standard InChI is InChI=1S/C30H34Cl2N4O3/c1-30(2)17-35(19-9-10-20-22(29(37)38)16-34(3)25(20)15-19)13-14-36(30)12-11-21-27(33-39-28(21)18-7-8-18)26-23(31)5-4-6-24(26)32/h4-6,9-10,16,18-19H,7-8,11-15,17H2,1-3H3,(H,37,38). The van der Waals surface area contributed by atoms with E-state index in [0.717, 1.165) is 85.7 Å². The van der Waals surface area contributed by atoms with Crippen molar-refractivity contribution in [3.8, 4) is 11.3 Å². The summed E-state index contributed by atoms with van der Waals surface area (Å²) in [5.41, 5.74) is 4.93. The van der Waals surface area contributed by atoms with Crippen molar-refractivity contribution in [1.29, 1.82) is 0 Å². The van der Waals surface area contributed by atoms with Gasteiger partial charge in [-0.1, -0.05) is 46.6 Å². The van der Waals surface area contributed by atoms with Gasteiger partial charge in [0, 0.05) is 85.7 Å². The van der Waals surface area contributed by atoms with Crippen LogP contribution in [-0.4, -0.2) is 68.4 Å². The molecule has 206 valence electrons. The molecule has 6 rings (SSSR count). The zero-order valence-electron chi connectivity index (χ0n) is 22.6. The number of carboxylic acids is 1. The summed E-state index contributed by atoms with van der Waals surface area (Å²) >= 11 is 13.1. The molecule has 0 radical (unpaired) electrons. The fraction of sp³-hybridized carbons (Fsp3) is 0.467. The number of carbonyl (C=O) groups is 1. The summed E-state index contributed by atoms with van der Waals surface area (Å²) in [5.74, 6) is 0.556. The van der Waals surface area contributed by atoms with Crippen LogP contribution in [0.4, 0.5) is 0 Å². The van der Waals surface area contributed by atoms with Gasteiger partial charge in [0.15, 0.2) is 0 Å². The molecule has 1 aliphatic heterocycles. The molecule has 2 fully saturated rings. The third-order valence-corrected chi connectivity index (χ3v) is 9.27. The smallest absolute Gasteiger partial charge is 0.337 e. The van der Waals surface area contributed by atoms with E-state index >= 15 is 0 Å². The number of piperazine rings is 1. The highest BCUT2D eigenvalue weighted by atomic mass is 35.5. The van der Waals surface area contributed by atoms with E-state index < -0.39 is 5.97 Å². The predicted octanol–water partition coefficient (Wildman–Crippen LogP) is 6.14. The lowest BCUT2D eigenvalue weighted by atomic mass is 9.92. The average molecular weight is 570 g/mol. The molecule has 39 heavy (non-hydrogen) atoms. The van der Waals surface area contributed by atoms with Crippen LogP contribution in [0.5, 0.6) is 0 Å². The fourth-order valence-electron chi connectivity index (χ4n) is 6.34. The minimum atomic E-state index is -0.873. The summed E-state index contributed by atoms with van der Waals surface area (Å²) < 4.78 is 7.86. The molecule has 0 spiro atoms. The Balaban J connectivity index is 1.17. The SMILES string of the molecule is Cn1cc(C(=O)O)c2c1CC(N1CCN(CCc3c(-c4c(Cl)cccc4Cl)noc3C3CC3)C(C)(C)C1)C=C2. The van der Waals surface area contributed by atoms with Gasteiger partial charge in [0.05, 0.1) is 15.6 Å². The molecule has 2 aromatic heterocycles. The number of benzene rings is 1. The molecule has 1 atom stereocenters. The maximum atomic E-state index is 11.6. The molecule has 1 saturated heterocycles. The first-order valence-corrected chi connectivity index (χ1v) is 14.4. The van der Waals surface area contributed by atoms with Crippen LogP contribution in [0.15, 0.2) is 35.0 Å². The number of fused-ring (bicyclic) bond motifs is 1. The van der Waals surface area contributed by atoms with Crippen LogP contribution >= 0.6 is 23.2 Å². The lowest BCUT2D eigenvalue weighted by Gasteiger charge is -2.49. The van der Waals surface area contributed by atoms with Gasteiger partial charge in [-0.05, 0) is 45.2 Å². The largest absolute Gasteiger partial charge is 0.478 e. The Morgan fingerprint density at radius 1 is 1.21 bits per heavy atom. The summed E-state index contributed by atoms with van der Waals surface area (Å²) in [5, 5.41) is 15.2. The summed E-state index contributed by atoms with van der Waals surface area (Å²) in [4.78, 5) is 16.7. The molecule has 3 heterocycles. The van der Waals surface area contributed by atoms with Gasteiger partial charge in [-0.25, -0.2) is 4.79 Å². The van der Waals surface area contributed by atoms with Crippen molar-refractivity contribution in [3.63, 3.8) is 0 Å². The first-order chi connectivity index (χ1) is 18.6. The second-order valence-corrected chi connectivity index (χ2v) is 12.5. The number of rotatable bonds is 7. The number of halogens is 2. The van der Waals surface area contributed by atoms with Gasteiger partial charge in [-0.15, -0.1) is 0 Å². The van der Waals surface area contributed by atoms with Gasteiger partial charge in [0.25, 0.3) is 0 Å². The second-order valence-electron chi connectivity index (χ2n) is 11.7. The zero-order chi connectivity index (χ0) is 27.5.